The van der Waals surface area contributed by atoms with Crippen molar-refractivity contribution in [3.8, 4) is 5.88 Å². The molecular weight excluding hydrogens is 615 g/mol. The number of fused-ring (bicyclic) bond motifs is 1. The van der Waals surface area contributed by atoms with Crippen LogP contribution in [0, 0.1) is 5.92 Å². The van der Waals surface area contributed by atoms with E-state index in [1.54, 1.807) is 27.7 Å². The number of anilines is 1. The van der Waals surface area contributed by atoms with Gasteiger partial charge in [-0.3, -0.25) is 23.2 Å². The lowest BCUT2D eigenvalue weighted by molar-refractivity contribution is -0.155. The van der Waals surface area contributed by atoms with E-state index in [4.69, 9.17) is 33.7 Å². The first kappa shape index (κ1) is 36.5. The molecule has 6 atom stereocenters. The number of aliphatic hydroxyl groups is 2. The Hall–Kier alpha value is -2.92. The molecule has 2 aromatic rings. The molecule has 45 heavy (non-hydrogen) atoms. The summed E-state index contributed by atoms with van der Waals surface area (Å²) < 4.78 is 48.2. The maximum Gasteiger partial charge on any atom is 0.406 e. The van der Waals surface area contributed by atoms with Gasteiger partial charge in [0.25, 0.3) is 0 Å². The third-order valence-corrected chi connectivity index (χ3v) is 8.24. The molecule has 1 saturated heterocycles. The molecule has 0 spiro atoms. The lowest BCUT2D eigenvalue weighted by atomic mass is 9.96. The minimum Gasteiger partial charge on any atom is -0.479 e. The standard InChI is InChI=1S/C27H45N6O11P/c1-9-40-23(36)16(12-15(2)3)32-45(38,41-11-10-18(34)44-26(4,5)6)42-13-17-20(35)27(7,37)24(43-17)33-14-29-19-21(33)30-25(28)31-22(19)39-8/h14-17,20,24,35,37H,9-13H2,1-8H3,(H,32,38)(H2,28,30,31)/t16-,17+,20+,24+,27+,45?/m0/s1. The Kier molecular flexibility index (Phi) is 11.9. The van der Waals surface area contributed by atoms with Crippen molar-refractivity contribution in [1.29, 1.82) is 0 Å². The van der Waals surface area contributed by atoms with Gasteiger partial charge in [0.2, 0.25) is 11.8 Å². The van der Waals surface area contributed by atoms with Crippen molar-refractivity contribution in [2.24, 2.45) is 5.92 Å². The van der Waals surface area contributed by atoms with E-state index in [-0.39, 0.29) is 55.0 Å². The number of nitrogens with one attached hydrogen (secondary N) is 1. The van der Waals surface area contributed by atoms with Crippen molar-refractivity contribution in [1.82, 2.24) is 24.6 Å². The number of hydrogen-bond acceptors (Lipinski definition) is 15. The number of rotatable bonds is 15. The molecule has 0 bridgehead atoms. The maximum atomic E-state index is 14.0. The summed E-state index contributed by atoms with van der Waals surface area (Å²) in [5.74, 6) is -1.30. The van der Waals surface area contributed by atoms with Crippen molar-refractivity contribution < 1.29 is 52.4 Å². The quantitative estimate of drug-likeness (QED) is 0.158. The van der Waals surface area contributed by atoms with Crippen LogP contribution in [0.5, 0.6) is 5.88 Å². The summed E-state index contributed by atoms with van der Waals surface area (Å²) in [6.07, 6.45) is -2.78. The van der Waals surface area contributed by atoms with Crippen LogP contribution in [0.1, 0.15) is 67.5 Å². The Morgan fingerprint density at radius 1 is 1.27 bits per heavy atom. The molecule has 3 rings (SSSR count). The molecule has 2 aromatic heterocycles. The Bertz CT molecular complexity index is 1380. The van der Waals surface area contributed by atoms with Gasteiger partial charge >= 0.3 is 19.7 Å². The van der Waals surface area contributed by atoms with Crippen molar-refractivity contribution in [2.75, 3.05) is 32.7 Å². The second kappa shape index (κ2) is 14.7. The number of aromatic nitrogens is 4. The number of carbonyl (C=O) groups excluding carboxylic acids is 2. The first-order valence-corrected chi connectivity index (χ1v) is 16.1. The van der Waals surface area contributed by atoms with Crippen molar-refractivity contribution in [3.63, 3.8) is 0 Å². The van der Waals surface area contributed by atoms with E-state index in [1.807, 2.05) is 13.8 Å². The van der Waals surface area contributed by atoms with Gasteiger partial charge in [-0.05, 0) is 47.0 Å². The molecule has 1 aliphatic rings. The molecule has 0 saturated carbocycles. The summed E-state index contributed by atoms with van der Waals surface area (Å²) >= 11 is 0. The number of carbonyl (C=O) groups is 2. The highest BCUT2D eigenvalue weighted by Crippen LogP contribution is 2.47. The first-order valence-electron chi connectivity index (χ1n) is 14.6. The number of aliphatic hydroxyl groups excluding tert-OH is 1. The van der Waals surface area contributed by atoms with Crippen LogP contribution in [0.3, 0.4) is 0 Å². The van der Waals surface area contributed by atoms with Gasteiger partial charge in [0.15, 0.2) is 17.4 Å². The number of ether oxygens (including phenoxy) is 4. The highest BCUT2D eigenvalue weighted by atomic mass is 31.2. The van der Waals surface area contributed by atoms with Gasteiger partial charge in [0.1, 0.15) is 29.5 Å². The van der Waals surface area contributed by atoms with Gasteiger partial charge in [-0.15, -0.1) is 0 Å². The molecule has 1 fully saturated rings. The Labute approximate surface area is 261 Å². The van der Waals surface area contributed by atoms with E-state index in [2.05, 4.69) is 20.0 Å². The van der Waals surface area contributed by atoms with Crippen LogP contribution in [-0.2, 0) is 37.4 Å². The SMILES string of the molecule is CCOC(=O)[C@H](CC(C)C)NP(=O)(OCCC(=O)OC(C)(C)C)OC[C@H]1O[C@@H](n2cnc3c(OC)nc(N)nc32)[C@](C)(O)[C@@H]1O. The summed E-state index contributed by atoms with van der Waals surface area (Å²) in [6, 6.07) is -1.08. The van der Waals surface area contributed by atoms with Crippen LogP contribution < -0.4 is 15.6 Å². The zero-order valence-corrected chi connectivity index (χ0v) is 27.8. The van der Waals surface area contributed by atoms with Crippen LogP contribution in [0.2, 0.25) is 0 Å². The van der Waals surface area contributed by atoms with Gasteiger partial charge in [-0.2, -0.15) is 9.97 Å². The summed E-state index contributed by atoms with van der Waals surface area (Å²) in [6.45, 7) is 11.0. The number of nitrogen functional groups attached to an aromatic ring is 1. The summed E-state index contributed by atoms with van der Waals surface area (Å²) in [7, 11) is -2.99. The molecule has 0 aromatic carbocycles. The molecule has 1 aliphatic heterocycles. The monoisotopic (exact) mass is 660 g/mol. The Balaban J connectivity index is 1.84. The fourth-order valence-electron chi connectivity index (χ4n) is 4.63. The molecular formula is C27H45N6O11P. The van der Waals surface area contributed by atoms with E-state index in [0.717, 1.165) is 0 Å². The van der Waals surface area contributed by atoms with Crippen LogP contribution in [0.4, 0.5) is 5.95 Å². The minimum atomic E-state index is -4.38. The molecule has 3 heterocycles. The number of nitrogens with zero attached hydrogens (tertiary/aromatic N) is 4. The molecule has 5 N–H and O–H groups in total. The average molecular weight is 661 g/mol. The molecule has 17 nitrogen and oxygen atoms in total. The predicted octanol–water partition coefficient (Wildman–Crippen LogP) is 1.87. The molecule has 0 aliphatic carbocycles. The zero-order valence-electron chi connectivity index (χ0n) is 26.9. The van der Waals surface area contributed by atoms with E-state index in [0.29, 0.717) is 0 Å². The van der Waals surface area contributed by atoms with E-state index in [9.17, 15) is 24.4 Å². The van der Waals surface area contributed by atoms with E-state index in [1.165, 1.54) is 24.9 Å². The largest absolute Gasteiger partial charge is 0.479 e. The fourth-order valence-corrected chi connectivity index (χ4v) is 6.12. The molecule has 0 amide bonds. The third kappa shape index (κ3) is 9.31. The van der Waals surface area contributed by atoms with Gasteiger partial charge in [0, 0.05) is 0 Å². The van der Waals surface area contributed by atoms with Gasteiger partial charge < -0.3 is 34.9 Å². The van der Waals surface area contributed by atoms with Crippen LogP contribution in [0.25, 0.3) is 11.2 Å². The number of esters is 2. The lowest BCUT2D eigenvalue weighted by Gasteiger charge is -2.28. The molecule has 1 unspecified atom stereocenters. The van der Waals surface area contributed by atoms with Crippen LogP contribution in [0.15, 0.2) is 6.33 Å². The van der Waals surface area contributed by atoms with Gasteiger partial charge in [-0.1, -0.05) is 13.8 Å². The minimum absolute atomic E-state index is 0.0144. The third-order valence-electron chi connectivity index (χ3n) is 6.60. The normalized spacial score (nSPS) is 24.0. The molecule has 18 heteroatoms. The molecule has 254 valence electrons. The number of hydrogen-bond donors (Lipinski definition) is 4. The number of imidazole rings is 1. The van der Waals surface area contributed by atoms with E-state index >= 15 is 0 Å². The van der Waals surface area contributed by atoms with Crippen LogP contribution >= 0.6 is 7.75 Å². The smallest absolute Gasteiger partial charge is 0.406 e. The van der Waals surface area contributed by atoms with Crippen molar-refractivity contribution >= 4 is 36.8 Å². The highest BCUT2D eigenvalue weighted by Gasteiger charge is 2.54. The van der Waals surface area contributed by atoms with Gasteiger partial charge in [-0.25, -0.2) is 14.6 Å². The summed E-state index contributed by atoms with van der Waals surface area (Å²) in [5.41, 5.74) is 3.56. The lowest BCUT2D eigenvalue weighted by Crippen LogP contribution is -2.44. The second-order valence-electron chi connectivity index (χ2n) is 12.1. The molecule has 0 radical (unpaired) electrons. The Morgan fingerprint density at radius 3 is 2.56 bits per heavy atom. The second-order valence-corrected chi connectivity index (χ2v) is 13.9. The Morgan fingerprint density at radius 2 is 1.96 bits per heavy atom. The van der Waals surface area contributed by atoms with Crippen molar-refractivity contribution in [2.45, 2.75) is 97.0 Å². The highest BCUT2D eigenvalue weighted by molar-refractivity contribution is 7.51. The van der Waals surface area contributed by atoms with E-state index < -0.39 is 62.0 Å². The number of nitrogens with two attached hydrogens (primary N) is 1. The fraction of sp³-hybridized carbons (Fsp3) is 0.741. The summed E-state index contributed by atoms with van der Waals surface area (Å²) in [4.78, 5) is 37.4. The maximum absolute atomic E-state index is 14.0. The summed E-state index contributed by atoms with van der Waals surface area (Å²) in [5, 5.41) is 25.0. The van der Waals surface area contributed by atoms with Gasteiger partial charge in [0.05, 0.1) is 39.7 Å². The van der Waals surface area contributed by atoms with Crippen LogP contribution in [-0.4, -0.2) is 98.1 Å². The predicted molar refractivity (Wildman–Crippen MR) is 160 cm³/mol. The number of methoxy groups -OCH3 is 1. The first-order chi connectivity index (χ1) is 20.9. The topological polar surface area (TPSA) is 229 Å². The zero-order chi connectivity index (χ0) is 33.7. The van der Waals surface area contributed by atoms with Crippen molar-refractivity contribution in [3.05, 3.63) is 6.33 Å². The average Bonchev–Trinajstić information content (AvgIpc) is 3.43.